The Morgan fingerprint density at radius 3 is 2.81 bits per heavy atom. The summed E-state index contributed by atoms with van der Waals surface area (Å²) in [5, 5.41) is 7.23. The van der Waals surface area contributed by atoms with Gasteiger partial charge in [0.2, 0.25) is 17.6 Å². The first-order valence-corrected chi connectivity index (χ1v) is 9.45. The maximum atomic E-state index is 12.5. The maximum absolute atomic E-state index is 12.5. The van der Waals surface area contributed by atoms with Gasteiger partial charge in [-0.15, -0.1) is 0 Å². The summed E-state index contributed by atoms with van der Waals surface area (Å²) in [5.74, 6) is 1.76. The molecule has 1 fully saturated rings. The van der Waals surface area contributed by atoms with Crippen LogP contribution < -0.4 is 5.32 Å². The summed E-state index contributed by atoms with van der Waals surface area (Å²) < 4.78 is 5.34. The quantitative estimate of drug-likeness (QED) is 0.826. The van der Waals surface area contributed by atoms with Crippen molar-refractivity contribution in [3.05, 3.63) is 35.7 Å². The summed E-state index contributed by atoms with van der Waals surface area (Å²) >= 11 is 0. The number of aryl methyl sites for hydroxylation is 1. The monoisotopic (exact) mass is 356 g/mol. The highest BCUT2D eigenvalue weighted by Gasteiger charge is 2.28. The number of likely N-dealkylation sites (N-methyl/N-ethyl adjacent to an activating group) is 1. The van der Waals surface area contributed by atoms with Gasteiger partial charge in [-0.05, 0) is 31.4 Å². The Morgan fingerprint density at radius 1 is 1.35 bits per heavy atom. The van der Waals surface area contributed by atoms with Crippen LogP contribution in [0.25, 0.3) is 11.4 Å². The minimum atomic E-state index is 0.170. The topological polar surface area (TPSA) is 71.3 Å². The van der Waals surface area contributed by atoms with Gasteiger partial charge in [-0.3, -0.25) is 4.79 Å². The summed E-state index contributed by atoms with van der Waals surface area (Å²) in [6.45, 7) is 6.03. The largest absolute Gasteiger partial charge is 0.339 e. The fraction of sp³-hybridized carbons (Fsp3) is 0.550. The Hall–Kier alpha value is -2.21. The molecule has 6 nitrogen and oxygen atoms in total. The number of hydrogen-bond donors (Lipinski definition) is 1. The molecule has 3 rings (SSSR count). The molecule has 1 aliphatic heterocycles. The fourth-order valence-electron chi connectivity index (χ4n) is 3.46. The molecule has 1 atom stereocenters. The summed E-state index contributed by atoms with van der Waals surface area (Å²) in [6.07, 6.45) is 3.05. The van der Waals surface area contributed by atoms with E-state index in [0.29, 0.717) is 36.5 Å². The summed E-state index contributed by atoms with van der Waals surface area (Å²) in [5.41, 5.74) is 2.22. The Kier molecular flexibility index (Phi) is 6.04. The molecule has 26 heavy (non-hydrogen) atoms. The smallest absolute Gasteiger partial charge is 0.227 e. The second kappa shape index (κ2) is 8.45. The molecular weight excluding hydrogens is 328 g/mol. The molecule has 1 amide bonds. The number of hydrogen-bond acceptors (Lipinski definition) is 5. The molecule has 0 aliphatic carbocycles. The Balaban J connectivity index is 1.57. The molecule has 1 aromatic heterocycles. The van der Waals surface area contributed by atoms with E-state index < -0.39 is 0 Å². The van der Waals surface area contributed by atoms with Crippen molar-refractivity contribution in [3.63, 3.8) is 0 Å². The first-order valence-electron chi connectivity index (χ1n) is 9.45. The third-order valence-electron chi connectivity index (χ3n) is 4.99. The fourth-order valence-corrected chi connectivity index (χ4v) is 3.46. The van der Waals surface area contributed by atoms with E-state index in [1.165, 1.54) is 5.56 Å². The number of carbonyl (C=O) groups is 1. The molecular formula is C20H28N4O2. The van der Waals surface area contributed by atoms with Crippen molar-refractivity contribution in [3.8, 4) is 11.4 Å². The van der Waals surface area contributed by atoms with Crippen LogP contribution in [0.2, 0.25) is 0 Å². The lowest BCUT2D eigenvalue weighted by Gasteiger charge is -2.24. The van der Waals surface area contributed by atoms with Gasteiger partial charge in [-0.25, -0.2) is 0 Å². The molecule has 0 radical (unpaired) electrons. The van der Waals surface area contributed by atoms with Gasteiger partial charge in [-0.2, -0.15) is 4.98 Å². The van der Waals surface area contributed by atoms with Crippen LogP contribution in [0.3, 0.4) is 0 Å². The van der Waals surface area contributed by atoms with Crippen molar-refractivity contribution in [1.82, 2.24) is 20.4 Å². The lowest BCUT2D eigenvalue weighted by atomic mass is 10.0. The molecule has 1 aromatic carbocycles. The second-order valence-corrected chi connectivity index (χ2v) is 7.23. The van der Waals surface area contributed by atoms with Gasteiger partial charge >= 0.3 is 0 Å². The third kappa shape index (κ3) is 4.30. The van der Waals surface area contributed by atoms with Crippen molar-refractivity contribution < 1.29 is 9.32 Å². The zero-order valence-corrected chi connectivity index (χ0v) is 15.9. The van der Waals surface area contributed by atoms with Gasteiger partial charge in [0.1, 0.15) is 0 Å². The lowest BCUT2D eigenvalue weighted by molar-refractivity contribution is -0.132. The average molecular weight is 356 g/mol. The minimum absolute atomic E-state index is 0.170. The van der Waals surface area contributed by atoms with Crippen molar-refractivity contribution in [2.75, 3.05) is 20.1 Å². The number of rotatable bonds is 7. The van der Waals surface area contributed by atoms with E-state index in [4.69, 9.17) is 4.52 Å². The van der Waals surface area contributed by atoms with E-state index in [9.17, 15) is 4.79 Å². The van der Waals surface area contributed by atoms with E-state index in [0.717, 1.165) is 31.5 Å². The molecule has 1 saturated heterocycles. The van der Waals surface area contributed by atoms with Crippen molar-refractivity contribution in [2.45, 2.75) is 51.5 Å². The van der Waals surface area contributed by atoms with E-state index in [1.807, 2.05) is 24.1 Å². The molecule has 1 N–H and O–H groups in total. The molecule has 0 bridgehead atoms. The standard InChI is InChI=1S/C20H28N4O2/c1-14(2)15-6-8-16(9-7-15)20-22-18(26-23-20)10-11-19(25)24-12-4-5-17(24)13-21-3/h6-9,14,17,21H,4-5,10-13H2,1-3H3. The van der Waals surface area contributed by atoms with E-state index >= 15 is 0 Å². The van der Waals surface area contributed by atoms with Gasteiger partial charge in [0.05, 0.1) is 0 Å². The average Bonchev–Trinajstić information content (AvgIpc) is 3.29. The van der Waals surface area contributed by atoms with Gasteiger partial charge in [0.15, 0.2) is 0 Å². The van der Waals surface area contributed by atoms with E-state index in [2.05, 4.69) is 41.4 Å². The summed E-state index contributed by atoms with van der Waals surface area (Å²) in [6, 6.07) is 8.53. The van der Waals surface area contributed by atoms with Crippen molar-refractivity contribution in [2.24, 2.45) is 0 Å². The Labute approximate surface area is 155 Å². The molecule has 6 heteroatoms. The maximum Gasteiger partial charge on any atom is 0.227 e. The van der Waals surface area contributed by atoms with Gasteiger partial charge in [0.25, 0.3) is 0 Å². The van der Waals surface area contributed by atoms with Crippen molar-refractivity contribution >= 4 is 5.91 Å². The highest BCUT2D eigenvalue weighted by molar-refractivity contribution is 5.77. The number of nitrogens with one attached hydrogen (secondary N) is 1. The van der Waals surface area contributed by atoms with Gasteiger partial charge in [-0.1, -0.05) is 43.3 Å². The number of nitrogens with zero attached hydrogens (tertiary/aromatic N) is 3. The predicted octanol–water partition coefficient (Wildman–Crippen LogP) is 3.00. The Bertz CT molecular complexity index is 724. The minimum Gasteiger partial charge on any atom is -0.339 e. The summed E-state index contributed by atoms with van der Waals surface area (Å²) in [7, 11) is 1.93. The van der Waals surface area contributed by atoms with Crippen molar-refractivity contribution in [1.29, 1.82) is 0 Å². The lowest BCUT2D eigenvalue weighted by Crippen LogP contribution is -2.40. The molecule has 2 heterocycles. The molecule has 1 unspecified atom stereocenters. The van der Waals surface area contributed by atoms with E-state index in [-0.39, 0.29) is 5.91 Å². The highest BCUT2D eigenvalue weighted by atomic mass is 16.5. The van der Waals surface area contributed by atoms with Crippen LogP contribution in [0.1, 0.15) is 50.5 Å². The van der Waals surface area contributed by atoms with Gasteiger partial charge in [0, 0.05) is 37.5 Å². The number of carbonyl (C=O) groups excluding carboxylic acids is 1. The normalized spacial score (nSPS) is 17.2. The highest BCUT2D eigenvalue weighted by Crippen LogP contribution is 2.21. The van der Waals surface area contributed by atoms with Crippen LogP contribution in [-0.4, -0.2) is 47.1 Å². The van der Waals surface area contributed by atoms with Gasteiger partial charge < -0.3 is 14.7 Å². The first-order chi connectivity index (χ1) is 12.6. The number of aromatic nitrogens is 2. The SMILES string of the molecule is CNCC1CCCN1C(=O)CCc1nc(-c2ccc(C(C)C)cc2)no1. The molecule has 140 valence electrons. The van der Waals surface area contributed by atoms with E-state index in [1.54, 1.807) is 0 Å². The van der Waals surface area contributed by atoms with Crippen LogP contribution in [0, 0.1) is 0 Å². The van der Waals surface area contributed by atoms with Crippen LogP contribution in [0.15, 0.2) is 28.8 Å². The second-order valence-electron chi connectivity index (χ2n) is 7.23. The zero-order valence-electron chi connectivity index (χ0n) is 15.9. The van der Waals surface area contributed by atoms with Crippen LogP contribution in [0.5, 0.6) is 0 Å². The van der Waals surface area contributed by atoms with Crippen LogP contribution in [0.4, 0.5) is 0 Å². The molecule has 2 aromatic rings. The number of amides is 1. The zero-order chi connectivity index (χ0) is 18.5. The summed E-state index contributed by atoms with van der Waals surface area (Å²) in [4.78, 5) is 18.9. The first kappa shape index (κ1) is 18.6. The number of benzene rings is 1. The third-order valence-corrected chi connectivity index (χ3v) is 4.99. The molecule has 0 spiro atoms. The predicted molar refractivity (Wildman–Crippen MR) is 101 cm³/mol. The molecule has 1 aliphatic rings. The number of likely N-dealkylation sites (tertiary alicyclic amines) is 1. The van der Waals surface area contributed by atoms with Crippen LogP contribution in [-0.2, 0) is 11.2 Å². The van der Waals surface area contributed by atoms with Crippen LogP contribution >= 0.6 is 0 Å². The Morgan fingerprint density at radius 2 is 2.12 bits per heavy atom. The molecule has 0 saturated carbocycles.